The van der Waals surface area contributed by atoms with Crippen LogP contribution < -0.4 is 15.8 Å². The van der Waals surface area contributed by atoms with Gasteiger partial charge < -0.3 is 9.47 Å². The topological polar surface area (TPSA) is 8.17 Å². The van der Waals surface area contributed by atoms with E-state index in [0.717, 1.165) is 19.4 Å². The van der Waals surface area contributed by atoms with E-state index in [1.807, 2.05) is 0 Å². The van der Waals surface area contributed by atoms with Gasteiger partial charge in [0.25, 0.3) is 0 Å². The van der Waals surface area contributed by atoms with Crippen LogP contribution in [0, 0.1) is 0 Å². The Morgan fingerprint density at radius 1 is 0.721 bits per heavy atom. The number of fused-ring (bicyclic) bond motifs is 4. The Bertz CT molecular complexity index is 1990. The van der Waals surface area contributed by atoms with E-state index >= 15 is 0 Å². The van der Waals surface area contributed by atoms with Crippen LogP contribution in [0.15, 0.2) is 145 Å². The summed E-state index contributed by atoms with van der Waals surface area (Å²) in [5.74, 6) is 0.379. The zero-order valence-electron chi connectivity index (χ0n) is 24.2. The van der Waals surface area contributed by atoms with Crippen molar-refractivity contribution in [2.24, 2.45) is 0 Å². The first-order valence-corrected chi connectivity index (χ1v) is 15.8. The highest BCUT2D eigenvalue weighted by molar-refractivity contribution is 6.91. The quantitative estimate of drug-likeness (QED) is 0.200. The molecular formula is C40H33BN2. The molecule has 3 heteroatoms. The molecule has 4 aromatic carbocycles. The fourth-order valence-corrected chi connectivity index (χ4v) is 8.25. The Labute approximate surface area is 254 Å². The van der Waals surface area contributed by atoms with Gasteiger partial charge >= 0.3 is 0 Å². The zero-order valence-corrected chi connectivity index (χ0v) is 24.2. The van der Waals surface area contributed by atoms with Crippen LogP contribution in [0.2, 0.25) is 5.82 Å². The molecule has 3 heterocycles. The Morgan fingerprint density at radius 3 is 2.30 bits per heavy atom. The summed E-state index contributed by atoms with van der Waals surface area (Å²) in [6, 6.07) is 36.4. The van der Waals surface area contributed by atoms with Crippen molar-refractivity contribution in [3.63, 3.8) is 0 Å². The van der Waals surface area contributed by atoms with E-state index in [9.17, 15) is 0 Å². The molecule has 9 rings (SSSR count). The van der Waals surface area contributed by atoms with Gasteiger partial charge in [0.15, 0.2) is 0 Å². The highest BCUT2D eigenvalue weighted by Crippen LogP contribution is 2.46. The molecule has 0 amide bonds. The maximum Gasteiger partial charge on any atom is 0.226 e. The summed E-state index contributed by atoms with van der Waals surface area (Å²) in [5.41, 5.74) is 13.6. The summed E-state index contributed by atoms with van der Waals surface area (Å²) in [6.07, 6.45) is 20.0. The number of para-hydroxylation sites is 1. The maximum atomic E-state index is 2.71. The third-order valence-electron chi connectivity index (χ3n) is 9.99. The van der Waals surface area contributed by atoms with E-state index in [4.69, 9.17) is 0 Å². The van der Waals surface area contributed by atoms with E-state index in [2.05, 4.69) is 149 Å². The van der Waals surface area contributed by atoms with Crippen LogP contribution in [0.25, 0.3) is 39.0 Å². The van der Waals surface area contributed by atoms with Crippen molar-refractivity contribution in [2.75, 3.05) is 11.4 Å². The van der Waals surface area contributed by atoms with Crippen LogP contribution in [-0.2, 0) is 0 Å². The molecule has 206 valence electrons. The summed E-state index contributed by atoms with van der Waals surface area (Å²) in [5, 5.41) is 1.34. The van der Waals surface area contributed by atoms with Crippen molar-refractivity contribution >= 4 is 34.2 Å². The van der Waals surface area contributed by atoms with Gasteiger partial charge in [-0.3, -0.25) is 0 Å². The zero-order chi connectivity index (χ0) is 28.3. The van der Waals surface area contributed by atoms with E-state index in [-0.39, 0.29) is 0 Å². The molecule has 4 aliphatic rings. The predicted molar refractivity (Wildman–Crippen MR) is 183 cm³/mol. The number of benzene rings is 4. The number of nitrogens with zero attached hydrogens (tertiary/aromatic N) is 2. The molecule has 0 N–H and O–H groups in total. The number of anilines is 1. The van der Waals surface area contributed by atoms with Crippen LogP contribution in [0.3, 0.4) is 0 Å². The van der Waals surface area contributed by atoms with Gasteiger partial charge in [0, 0.05) is 40.4 Å². The lowest BCUT2D eigenvalue weighted by molar-refractivity contribution is 0.669. The first-order valence-electron chi connectivity index (χ1n) is 15.8. The molecule has 0 radical (unpaired) electrons. The summed E-state index contributed by atoms with van der Waals surface area (Å²) in [4.78, 5) is 2.71. The third-order valence-corrected chi connectivity index (χ3v) is 9.99. The first-order chi connectivity index (χ1) is 21.4. The summed E-state index contributed by atoms with van der Waals surface area (Å²) >= 11 is 0. The van der Waals surface area contributed by atoms with Crippen LogP contribution in [0.4, 0.5) is 5.69 Å². The SMILES string of the molecule is C1=CC2B3c4c(cccc4-n4c(-c5ccccc5)c(-c5ccccc5)c5cccc3c54)N(CCC3=CCCC=C3)C2C=C1. The highest BCUT2D eigenvalue weighted by Gasteiger charge is 2.47. The van der Waals surface area contributed by atoms with Gasteiger partial charge in [0.05, 0.1) is 5.69 Å². The monoisotopic (exact) mass is 552 g/mol. The van der Waals surface area contributed by atoms with Gasteiger partial charge in [-0.05, 0) is 59.3 Å². The number of hydrogen-bond donors (Lipinski definition) is 0. The molecule has 2 aliphatic heterocycles. The first kappa shape index (κ1) is 24.8. The fraction of sp³-hybridized carbons (Fsp3) is 0.150. The van der Waals surface area contributed by atoms with E-state index in [0.29, 0.717) is 18.6 Å². The van der Waals surface area contributed by atoms with Gasteiger partial charge in [-0.25, -0.2) is 0 Å². The molecule has 0 saturated carbocycles. The Morgan fingerprint density at radius 2 is 1.49 bits per heavy atom. The molecule has 2 aliphatic carbocycles. The third kappa shape index (κ3) is 3.74. The minimum atomic E-state index is 0.306. The lowest BCUT2D eigenvalue weighted by Gasteiger charge is -2.48. The molecule has 0 saturated heterocycles. The van der Waals surface area contributed by atoms with Gasteiger partial charge in [-0.2, -0.15) is 0 Å². The number of rotatable bonds is 5. The smallest absolute Gasteiger partial charge is 0.226 e. The molecule has 0 fully saturated rings. The summed E-state index contributed by atoms with van der Waals surface area (Å²) in [6.45, 7) is 1.32. The number of aromatic nitrogens is 1. The Kier molecular flexibility index (Phi) is 5.72. The molecule has 5 aromatic rings. The highest BCUT2D eigenvalue weighted by atomic mass is 15.2. The van der Waals surface area contributed by atoms with Crippen molar-refractivity contribution in [1.29, 1.82) is 0 Å². The molecule has 43 heavy (non-hydrogen) atoms. The van der Waals surface area contributed by atoms with Crippen molar-refractivity contribution in [1.82, 2.24) is 4.57 Å². The molecular weight excluding hydrogens is 519 g/mol. The van der Waals surface area contributed by atoms with Gasteiger partial charge in [0.1, 0.15) is 0 Å². The van der Waals surface area contributed by atoms with Crippen LogP contribution >= 0.6 is 0 Å². The van der Waals surface area contributed by atoms with Gasteiger partial charge in [0.2, 0.25) is 6.71 Å². The second kappa shape index (κ2) is 9.92. The molecule has 0 spiro atoms. The molecule has 2 nitrogen and oxygen atoms in total. The summed E-state index contributed by atoms with van der Waals surface area (Å²) in [7, 11) is 0. The number of allylic oxidation sites excluding steroid dienone is 5. The second-order valence-corrected chi connectivity index (χ2v) is 12.3. The van der Waals surface area contributed by atoms with Crippen molar-refractivity contribution in [3.8, 4) is 28.1 Å². The standard InChI is InChI=1S/C40H33BN2/c1-4-14-28(15-5-1)26-27-42-34-23-11-10-21-32(34)41-33-22-12-20-31-37(29-16-6-2-7-17-29)39(30-18-8-3-9-19-30)43(40(31)33)36-25-13-24-35(42)38(36)41/h2-4,6-25,32,34H,1,5,26-27H2. The minimum absolute atomic E-state index is 0.306. The second-order valence-electron chi connectivity index (χ2n) is 12.3. The fourth-order valence-electron chi connectivity index (χ4n) is 8.25. The maximum absolute atomic E-state index is 2.71. The van der Waals surface area contributed by atoms with Crippen LogP contribution in [-0.4, -0.2) is 23.9 Å². The molecule has 0 bridgehead atoms. The van der Waals surface area contributed by atoms with E-state index in [1.165, 1.54) is 67.6 Å². The average Bonchev–Trinajstić information content (AvgIpc) is 3.43. The predicted octanol–water partition coefficient (Wildman–Crippen LogP) is 8.24. The molecule has 2 unspecified atom stereocenters. The molecule has 2 atom stereocenters. The van der Waals surface area contributed by atoms with Crippen LogP contribution in [0.1, 0.15) is 19.3 Å². The lowest BCUT2D eigenvalue weighted by atomic mass is 9.29. The lowest BCUT2D eigenvalue weighted by Crippen LogP contribution is -2.62. The van der Waals surface area contributed by atoms with E-state index in [1.54, 1.807) is 0 Å². The average molecular weight is 553 g/mol. The molecule has 1 aromatic heterocycles. The summed E-state index contributed by atoms with van der Waals surface area (Å²) < 4.78 is 2.60. The Hall–Kier alpha value is -4.76. The van der Waals surface area contributed by atoms with Crippen molar-refractivity contribution in [2.45, 2.75) is 31.1 Å². The minimum Gasteiger partial charge on any atom is -0.365 e. The normalized spacial score (nSPS) is 19.4. The van der Waals surface area contributed by atoms with Gasteiger partial charge in [-0.1, -0.05) is 133 Å². The van der Waals surface area contributed by atoms with E-state index < -0.39 is 0 Å². The largest absolute Gasteiger partial charge is 0.365 e. The Balaban J connectivity index is 1.33. The van der Waals surface area contributed by atoms with Crippen molar-refractivity contribution < 1.29 is 0 Å². The van der Waals surface area contributed by atoms with Crippen LogP contribution in [0.5, 0.6) is 0 Å². The van der Waals surface area contributed by atoms with Gasteiger partial charge in [-0.15, -0.1) is 0 Å². The van der Waals surface area contributed by atoms with Crippen molar-refractivity contribution in [3.05, 3.63) is 145 Å². The number of hydrogen-bond acceptors (Lipinski definition) is 1.